The monoisotopic (exact) mass is 494 g/mol. The van der Waals surface area contributed by atoms with Gasteiger partial charge in [0, 0.05) is 39.3 Å². The number of hydrogen-bond acceptors (Lipinski definition) is 2. The molecule has 0 amide bonds. The molecule has 0 bridgehead atoms. The van der Waals surface area contributed by atoms with Crippen molar-refractivity contribution >= 4 is 56.6 Å². The fraction of sp³-hybridized carbons (Fsp3) is 0.0909. The van der Waals surface area contributed by atoms with Gasteiger partial charge in [-0.3, -0.25) is 4.98 Å². The molecule has 2 aromatic carbocycles. The van der Waals surface area contributed by atoms with Crippen molar-refractivity contribution in [1.82, 2.24) is 19.3 Å². The standard InChI is InChI=1S/C22H12Cl3F3N4/c23-13-6-15(12-8-30-32(10-12)21-17(24)2-1-3-18(21)25)20-16(7-13)14-4-5-29-9-19(14)31(20)11-22(26,27)28/h1-10H,11H2. The van der Waals surface area contributed by atoms with Gasteiger partial charge in [-0.2, -0.15) is 18.3 Å². The molecule has 0 fully saturated rings. The molecule has 5 rings (SSSR count). The molecule has 3 aromatic heterocycles. The Morgan fingerprint density at radius 1 is 0.938 bits per heavy atom. The maximum Gasteiger partial charge on any atom is 0.406 e. The van der Waals surface area contributed by atoms with E-state index in [0.717, 1.165) is 0 Å². The molecule has 0 saturated carbocycles. The molecule has 0 radical (unpaired) electrons. The first kappa shape index (κ1) is 21.1. The molecule has 0 spiro atoms. The first-order valence-corrected chi connectivity index (χ1v) is 10.5. The van der Waals surface area contributed by atoms with Crippen LogP contribution in [0.15, 0.2) is 61.2 Å². The Hall–Kier alpha value is -2.74. The van der Waals surface area contributed by atoms with Crippen molar-refractivity contribution in [1.29, 1.82) is 0 Å². The third-order valence-corrected chi connectivity index (χ3v) is 5.95. The highest BCUT2D eigenvalue weighted by molar-refractivity contribution is 6.37. The topological polar surface area (TPSA) is 35.6 Å². The highest BCUT2D eigenvalue weighted by Gasteiger charge is 2.31. The largest absolute Gasteiger partial charge is 0.406 e. The van der Waals surface area contributed by atoms with E-state index in [-0.39, 0.29) is 0 Å². The minimum atomic E-state index is -4.43. The van der Waals surface area contributed by atoms with Crippen molar-refractivity contribution in [3.63, 3.8) is 0 Å². The summed E-state index contributed by atoms with van der Waals surface area (Å²) in [5.41, 5.74) is 2.29. The van der Waals surface area contributed by atoms with Gasteiger partial charge in [-0.1, -0.05) is 40.9 Å². The van der Waals surface area contributed by atoms with E-state index in [9.17, 15) is 13.2 Å². The summed E-state index contributed by atoms with van der Waals surface area (Å²) >= 11 is 19.0. The molecule has 0 saturated heterocycles. The van der Waals surface area contributed by atoms with Crippen molar-refractivity contribution in [3.8, 4) is 16.8 Å². The van der Waals surface area contributed by atoms with E-state index >= 15 is 0 Å². The van der Waals surface area contributed by atoms with E-state index in [2.05, 4.69) is 10.1 Å². The lowest BCUT2D eigenvalue weighted by atomic mass is 10.0. The third kappa shape index (κ3) is 3.60. The second kappa shape index (κ2) is 7.69. The minimum absolute atomic E-state index is 0.366. The molecule has 0 aliphatic carbocycles. The van der Waals surface area contributed by atoms with Crippen LogP contribution in [0.1, 0.15) is 0 Å². The molecule has 5 aromatic rings. The van der Waals surface area contributed by atoms with E-state index < -0.39 is 12.7 Å². The molecular formula is C22H12Cl3F3N4. The first-order valence-electron chi connectivity index (χ1n) is 9.34. The van der Waals surface area contributed by atoms with Gasteiger partial charge in [-0.15, -0.1) is 0 Å². The average Bonchev–Trinajstić information content (AvgIpc) is 3.31. The van der Waals surface area contributed by atoms with Crippen LogP contribution in [0.2, 0.25) is 15.1 Å². The zero-order valence-corrected chi connectivity index (χ0v) is 18.3. The summed E-state index contributed by atoms with van der Waals surface area (Å²) in [6.07, 6.45) is 1.73. The number of benzene rings is 2. The number of pyridine rings is 1. The number of fused-ring (bicyclic) bond motifs is 3. The first-order chi connectivity index (χ1) is 15.2. The fourth-order valence-corrected chi connectivity index (χ4v) is 4.69. The van der Waals surface area contributed by atoms with Gasteiger partial charge in [0.25, 0.3) is 0 Å². The molecule has 32 heavy (non-hydrogen) atoms. The quantitative estimate of drug-likeness (QED) is 0.259. The maximum atomic E-state index is 13.5. The number of rotatable bonds is 3. The molecule has 0 aliphatic rings. The van der Waals surface area contributed by atoms with E-state index in [0.29, 0.717) is 53.7 Å². The van der Waals surface area contributed by atoms with E-state index in [1.807, 2.05) is 0 Å². The lowest BCUT2D eigenvalue weighted by molar-refractivity contribution is -0.139. The molecular weight excluding hydrogens is 484 g/mol. The highest BCUT2D eigenvalue weighted by atomic mass is 35.5. The van der Waals surface area contributed by atoms with Crippen LogP contribution in [-0.4, -0.2) is 25.5 Å². The number of alkyl halides is 3. The SMILES string of the molecule is FC(F)(F)Cn1c2cnccc2c2cc(Cl)cc(-c3cnn(-c4c(Cl)cccc4Cl)c3)c21. The van der Waals surface area contributed by atoms with Crippen LogP contribution >= 0.6 is 34.8 Å². The van der Waals surface area contributed by atoms with Gasteiger partial charge < -0.3 is 4.57 Å². The highest BCUT2D eigenvalue weighted by Crippen LogP contribution is 2.40. The van der Waals surface area contributed by atoms with Gasteiger partial charge in [0.1, 0.15) is 12.2 Å². The lowest BCUT2D eigenvalue weighted by Gasteiger charge is -2.13. The van der Waals surface area contributed by atoms with E-state index in [1.165, 1.54) is 21.6 Å². The van der Waals surface area contributed by atoms with Gasteiger partial charge in [0.15, 0.2) is 0 Å². The van der Waals surface area contributed by atoms with Crippen LogP contribution in [0.3, 0.4) is 0 Å². The molecule has 0 aliphatic heterocycles. The van der Waals surface area contributed by atoms with Gasteiger partial charge in [-0.25, -0.2) is 4.68 Å². The molecule has 162 valence electrons. The average molecular weight is 496 g/mol. The minimum Gasteiger partial charge on any atom is -0.329 e. The Labute approximate surface area is 194 Å². The van der Waals surface area contributed by atoms with Gasteiger partial charge >= 0.3 is 6.18 Å². The number of para-hydroxylation sites is 1. The molecule has 0 unspecified atom stereocenters. The van der Waals surface area contributed by atoms with Crippen LogP contribution in [0.5, 0.6) is 0 Å². The van der Waals surface area contributed by atoms with E-state index in [1.54, 1.807) is 48.8 Å². The van der Waals surface area contributed by atoms with Crippen molar-refractivity contribution in [2.45, 2.75) is 12.7 Å². The molecule has 0 N–H and O–H groups in total. The van der Waals surface area contributed by atoms with Crippen LogP contribution in [0.25, 0.3) is 38.6 Å². The zero-order chi connectivity index (χ0) is 22.6. The smallest absolute Gasteiger partial charge is 0.329 e. The Morgan fingerprint density at radius 3 is 2.41 bits per heavy atom. The second-order valence-corrected chi connectivity index (χ2v) is 8.44. The predicted octanol–water partition coefficient (Wildman–Crippen LogP) is 7.56. The Balaban J connectivity index is 1.80. The number of aromatic nitrogens is 4. The van der Waals surface area contributed by atoms with E-state index in [4.69, 9.17) is 34.8 Å². The summed E-state index contributed by atoms with van der Waals surface area (Å²) in [6.45, 7) is -1.17. The van der Waals surface area contributed by atoms with Gasteiger partial charge in [0.2, 0.25) is 0 Å². The lowest BCUT2D eigenvalue weighted by Crippen LogP contribution is -2.17. The summed E-state index contributed by atoms with van der Waals surface area (Å²) in [6, 6.07) is 10.0. The maximum absolute atomic E-state index is 13.5. The predicted molar refractivity (Wildman–Crippen MR) is 121 cm³/mol. The molecule has 3 heterocycles. The molecule has 0 atom stereocenters. The van der Waals surface area contributed by atoms with Gasteiger partial charge in [0.05, 0.1) is 33.5 Å². The van der Waals surface area contributed by atoms with Crippen LogP contribution in [0.4, 0.5) is 13.2 Å². The number of hydrogen-bond donors (Lipinski definition) is 0. The van der Waals surface area contributed by atoms with Crippen LogP contribution < -0.4 is 0 Å². The Morgan fingerprint density at radius 2 is 1.69 bits per heavy atom. The number of halogens is 6. The normalized spacial score (nSPS) is 12.2. The summed E-state index contributed by atoms with van der Waals surface area (Å²) in [4.78, 5) is 4.02. The fourth-order valence-electron chi connectivity index (χ4n) is 3.90. The summed E-state index contributed by atoms with van der Waals surface area (Å²) in [5.74, 6) is 0. The Kier molecular flexibility index (Phi) is 5.08. The second-order valence-electron chi connectivity index (χ2n) is 7.19. The van der Waals surface area contributed by atoms with Gasteiger partial charge in [-0.05, 0) is 30.3 Å². The molecule has 4 nitrogen and oxygen atoms in total. The zero-order valence-electron chi connectivity index (χ0n) is 16.0. The summed E-state index contributed by atoms with van der Waals surface area (Å²) in [5, 5.41) is 6.73. The summed E-state index contributed by atoms with van der Waals surface area (Å²) < 4.78 is 43.2. The van der Waals surface area contributed by atoms with Crippen LogP contribution in [-0.2, 0) is 6.54 Å². The van der Waals surface area contributed by atoms with Crippen molar-refractivity contribution < 1.29 is 13.2 Å². The van der Waals surface area contributed by atoms with Crippen molar-refractivity contribution in [2.75, 3.05) is 0 Å². The van der Waals surface area contributed by atoms with Crippen molar-refractivity contribution in [3.05, 3.63) is 76.3 Å². The number of nitrogens with zero attached hydrogens (tertiary/aromatic N) is 4. The Bertz CT molecular complexity index is 1470. The molecule has 10 heteroatoms. The van der Waals surface area contributed by atoms with Crippen molar-refractivity contribution in [2.24, 2.45) is 0 Å². The summed E-state index contributed by atoms with van der Waals surface area (Å²) in [7, 11) is 0. The van der Waals surface area contributed by atoms with Crippen LogP contribution in [0, 0.1) is 0 Å². The third-order valence-electron chi connectivity index (χ3n) is 5.12.